The summed E-state index contributed by atoms with van der Waals surface area (Å²) in [5.41, 5.74) is 1.32. The first-order chi connectivity index (χ1) is 11.5. The zero-order valence-corrected chi connectivity index (χ0v) is 14.2. The van der Waals surface area contributed by atoms with Crippen LogP contribution in [0.1, 0.15) is 5.56 Å². The first kappa shape index (κ1) is 16.4. The Hall–Kier alpha value is -2.51. The van der Waals surface area contributed by atoms with Crippen molar-refractivity contribution >= 4 is 46.0 Å². The number of rotatable bonds is 3. The molecule has 0 saturated carbocycles. The van der Waals surface area contributed by atoms with Gasteiger partial charge in [-0.15, -0.1) is 0 Å². The van der Waals surface area contributed by atoms with E-state index in [1.165, 1.54) is 42.0 Å². The van der Waals surface area contributed by atoms with Crippen molar-refractivity contribution in [2.75, 3.05) is 12.0 Å². The third-order valence-corrected chi connectivity index (χ3v) is 4.71. The number of anilines is 1. The van der Waals surface area contributed by atoms with Crippen molar-refractivity contribution in [3.8, 4) is 17.2 Å². The van der Waals surface area contributed by atoms with Crippen LogP contribution in [0.2, 0.25) is 0 Å². The van der Waals surface area contributed by atoms with Crippen molar-refractivity contribution in [3.05, 3.63) is 52.9 Å². The van der Waals surface area contributed by atoms with Crippen molar-refractivity contribution in [1.29, 1.82) is 0 Å². The van der Waals surface area contributed by atoms with Crippen molar-refractivity contribution < 1.29 is 19.7 Å². The minimum absolute atomic E-state index is 0.0336. The molecule has 5 nitrogen and oxygen atoms in total. The Morgan fingerprint density at radius 1 is 1.17 bits per heavy atom. The fourth-order valence-electron chi connectivity index (χ4n) is 2.23. The minimum atomic E-state index is -0.234. The van der Waals surface area contributed by atoms with Gasteiger partial charge in [0.15, 0.2) is 15.8 Å². The standard InChI is InChI=1S/C17H13NO4S2/c1-22-14-8-10(2-7-13(14)20)9-15-16(21)18(17(23)24-15)11-3-5-12(19)6-4-11/h2-9,19-20H,1H3/b15-9-. The second kappa shape index (κ2) is 6.54. The van der Waals surface area contributed by atoms with E-state index < -0.39 is 0 Å². The summed E-state index contributed by atoms with van der Waals surface area (Å²) in [6.07, 6.45) is 1.70. The molecule has 3 rings (SSSR count). The number of phenols is 2. The van der Waals surface area contributed by atoms with Crippen LogP contribution in [0.25, 0.3) is 6.08 Å². The lowest BCUT2D eigenvalue weighted by Gasteiger charge is -2.14. The van der Waals surface area contributed by atoms with E-state index in [0.29, 0.717) is 20.7 Å². The number of methoxy groups -OCH3 is 1. The first-order valence-electron chi connectivity index (χ1n) is 6.93. The predicted octanol–water partition coefficient (Wildman–Crippen LogP) is 3.51. The molecule has 0 unspecified atom stereocenters. The van der Waals surface area contributed by atoms with Gasteiger partial charge in [0.25, 0.3) is 5.91 Å². The van der Waals surface area contributed by atoms with E-state index in [4.69, 9.17) is 17.0 Å². The monoisotopic (exact) mass is 359 g/mol. The van der Waals surface area contributed by atoms with E-state index in [9.17, 15) is 15.0 Å². The molecule has 1 aliphatic rings. The molecular formula is C17H13NO4S2. The van der Waals surface area contributed by atoms with Gasteiger partial charge in [-0.05, 0) is 48.0 Å². The normalized spacial score (nSPS) is 16.0. The Kier molecular flexibility index (Phi) is 4.46. The van der Waals surface area contributed by atoms with Crippen LogP contribution in [0.4, 0.5) is 5.69 Å². The first-order valence-corrected chi connectivity index (χ1v) is 8.16. The maximum Gasteiger partial charge on any atom is 0.270 e. The highest BCUT2D eigenvalue weighted by Gasteiger charge is 2.33. The molecule has 0 aromatic heterocycles. The zero-order valence-electron chi connectivity index (χ0n) is 12.6. The molecule has 1 aliphatic heterocycles. The van der Waals surface area contributed by atoms with Crippen LogP contribution in [0.15, 0.2) is 47.4 Å². The fraction of sp³-hybridized carbons (Fsp3) is 0.0588. The second-order valence-corrected chi connectivity index (χ2v) is 6.64. The van der Waals surface area contributed by atoms with E-state index in [-0.39, 0.29) is 17.4 Å². The molecule has 24 heavy (non-hydrogen) atoms. The van der Waals surface area contributed by atoms with Crippen LogP contribution in [-0.4, -0.2) is 27.6 Å². The van der Waals surface area contributed by atoms with Gasteiger partial charge in [-0.3, -0.25) is 9.69 Å². The summed E-state index contributed by atoms with van der Waals surface area (Å²) in [4.78, 5) is 14.5. The third kappa shape index (κ3) is 3.08. The van der Waals surface area contributed by atoms with E-state index in [1.54, 1.807) is 30.3 Å². The van der Waals surface area contributed by atoms with Gasteiger partial charge in [0.2, 0.25) is 0 Å². The van der Waals surface area contributed by atoms with Crippen LogP contribution < -0.4 is 9.64 Å². The molecule has 2 aromatic carbocycles. The van der Waals surface area contributed by atoms with Crippen LogP contribution in [0.5, 0.6) is 17.2 Å². The molecule has 2 N–H and O–H groups in total. The number of carbonyl (C=O) groups excluding carboxylic acids is 1. The van der Waals surface area contributed by atoms with Crippen LogP contribution in [0.3, 0.4) is 0 Å². The number of thiocarbonyl (C=S) groups is 1. The lowest BCUT2D eigenvalue weighted by molar-refractivity contribution is -0.113. The largest absolute Gasteiger partial charge is 0.508 e. The van der Waals surface area contributed by atoms with E-state index in [0.717, 1.165) is 5.56 Å². The maximum absolute atomic E-state index is 12.6. The zero-order chi connectivity index (χ0) is 17.3. The van der Waals surface area contributed by atoms with Crippen molar-refractivity contribution in [2.45, 2.75) is 0 Å². The van der Waals surface area contributed by atoms with Gasteiger partial charge in [0.05, 0.1) is 17.7 Å². The molecule has 0 bridgehead atoms. The number of hydrogen-bond acceptors (Lipinski definition) is 6. The average Bonchev–Trinajstić information content (AvgIpc) is 2.84. The van der Waals surface area contributed by atoms with Crippen molar-refractivity contribution in [3.63, 3.8) is 0 Å². The summed E-state index contributed by atoms with van der Waals surface area (Å²) in [6, 6.07) is 11.1. The summed E-state index contributed by atoms with van der Waals surface area (Å²) in [5, 5.41) is 19.0. The number of phenolic OH excluding ortho intramolecular Hbond substituents is 2. The molecule has 2 aromatic rings. The smallest absolute Gasteiger partial charge is 0.270 e. The molecule has 1 fully saturated rings. The number of hydrogen-bond donors (Lipinski definition) is 2. The molecule has 1 heterocycles. The van der Waals surface area contributed by atoms with Gasteiger partial charge < -0.3 is 14.9 Å². The van der Waals surface area contributed by atoms with Gasteiger partial charge in [0, 0.05) is 0 Å². The summed E-state index contributed by atoms with van der Waals surface area (Å²) in [7, 11) is 1.46. The summed E-state index contributed by atoms with van der Waals surface area (Å²) in [6.45, 7) is 0. The maximum atomic E-state index is 12.6. The Balaban J connectivity index is 1.92. The molecule has 1 amide bonds. The SMILES string of the molecule is COc1cc(/C=C2\SC(=S)N(c3ccc(O)cc3)C2=O)ccc1O. The van der Waals surface area contributed by atoms with Gasteiger partial charge in [-0.2, -0.15) is 0 Å². The quantitative estimate of drug-likeness (QED) is 0.646. The third-order valence-electron chi connectivity index (χ3n) is 3.40. The molecular weight excluding hydrogens is 346 g/mol. The van der Waals surface area contributed by atoms with Gasteiger partial charge >= 0.3 is 0 Å². The highest BCUT2D eigenvalue weighted by Crippen LogP contribution is 2.37. The number of thioether (sulfide) groups is 1. The Morgan fingerprint density at radius 2 is 1.88 bits per heavy atom. The van der Waals surface area contributed by atoms with Gasteiger partial charge in [-0.25, -0.2) is 0 Å². The summed E-state index contributed by atoms with van der Waals surface area (Å²) in [5.74, 6) is 0.253. The number of benzene rings is 2. The number of amides is 1. The Morgan fingerprint density at radius 3 is 2.54 bits per heavy atom. The topological polar surface area (TPSA) is 70.0 Å². The molecule has 122 valence electrons. The molecule has 0 radical (unpaired) electrons. The Bertz CT molecular complexity index is 846. The Labute approximate surface area is 148 Å². The van der Waals surface area contributed by atoms with Crippen LogP contribution in [-0.2, 0) is 4.79 Å². The van der Waals surface area contributed by atoms with Crippen LogP contribution >= 0.6 is 24.0 Å². The number of carbonyl (C=O) groups is 1. The fourth-order valence-corrected chi connectivity index (χ4v) is 3.53. The van der Waals surface area contributed by atoms with Gasteiger partial charge in [0.1, 0.15) is 5.75 Å². The number of aromatic hydroxyl groups is 2. The minimum Gasteiger partial charge on any atom is -0.508 e. The molecule has 0 aliphatic carbocycles. The molecule has 7 heteroatoms. The van der Waals surface area contributed by atoms with E-state index in [1.807, 2.05) is 0 Å². The summed E-state index contributed by atoms with van der Waals surface area (Å²) >= 11 is 6.49. The summed E-state index contributed by atoms with van der Waals surface area (Å²) < 4.78 is 5.49. The molecule has 0 spiro atoms. The highest BCUT2D eigenvalue weighted by molar-refractivity contribution is 8.27. The lowest BCUT2D eigenvalue weighted by atomic mass is 10.2. The van der Waals surface area contributed by atoms with Crippen molar-refractivity contribution in [1.82, 2.24) is 0 Å². The number of nitrogens with zero attached hydrogens (tertiary/aromatic N) is 1. The predicted molar refractivity (Wildman–Crippen MR) is 98.4 cm³/mol. The van der Waals surface area contributed by atoms with Crippen molar-refractivity contribution in [2.24, 2.45) is 0 Å². The highest BCUT2D eigenvalue weighted by atomic mass is 32.2. The van der Waals surface area contributed by atoms with E-state index in [2.05, 4.69) is 0 Å². The second-order valence-electron chi connectivity index (χ2n) is 4.96. The van der Waals surface area contributed by atoms with Crippen LogP contribution in [0, 0.1) is 0 Å². The van der Waals surface area contributed by atoms with E-state index >= 15 is 0 Å². The van der Waals surface area contributed by atoms with Gasteiger partial charge in [-0.1, -0.05) is 30.0 Å². The average molecular weight is 359 g/mol. The molecule has 1 saturated heterocycles. The lowest BCUT2D eigenvalue weighted by Crippen LogP contribution is -2.27. The molecule has 0 atom stereocenters. The number of ether oxygens (including phenoxy) is 1.